The van der Waals surface area contributed by atoms with Crippen molar-refractivity contribution < 1.29 is 26.7 Å². The second kappa shape index (κ2) is 10.0. The van der Waals surface area contributed by atoms with E-state index in [0.717, 1.165) is 22.7 Å². The number of benzene rings is 2. The van der Waals surface area contributed by atoms with E-state index in [9.17, 15) is 22.0 Å². The molecule has 0 saturated carbocycles. The molecular formula is C19H22F2N2O4S. The smallest absolute Gasteiger partial charge is 0.232 e. The van der Waals surface area contributed by atoms with Crippen LogP contribution in [0.15, 0.2) is 48.5 Å². The van der Waals surface area contributed by atoms with Gasteiger partial charge in [-0.3, -0.25) is 9.10 Å². The maximum absolute atomic E-state index is 13.4. The zero-order valence-corrected chi connectivity index (χ0v) is 16.2. The number of carbonyl (C=O) groups excluding carboxylic acids is 1. The van der Waals surface area contributed by atoms with Crippen LogP contribution in [0.25, 0.3) is 0 Å². The average molecular weight is 412 g/mol. The van der Waals surface area contributed by atoms with E-state index in [1.807, 2.05) is 18.2 Å². The molecule has 0 aliphatic carbocycles. The number of hydrogen-bond donors (Lipinski definition) is 1. The number of rotatable bonds is 10. The van der Waals surface area contributed by atoms with Crippen LogP contribution in [-0.4, -0.2) is 40.3 Å². The number of hydrogen-bond acceptors (Lipinski definition) is 4. The monoisotopic (exact) mass is 412 g/mol. The Morgan fingerprint density at radius 2 is 1.82 bits per heavy atom. The normalized spacial score (nSPS) is 11.1. The van der Waals surface area contributed by atoms with Crippen molar-refractivity contribution in [3.8, 4) is 5.75 Å². The van der Waals surface area contributed by atoms with Gasteiger partial charge in [-0.15, -0.1) is 0 Å². The summed E-state index contributed by atoms with van der Waals surface area (Å²) in [6.07, 6.45) is 1.27. The number of halogens is 2. The van der Waals surface area contributed by atoms with Crippen molar-refractivity contribution >= 4 is 21.6 Å². The minimum absolute atomic E-state index is 0.0121. The number of sulfonamides is 1. The van der Waals surface area contributed by atoms with Crippen LogP contribution in [0, 0.1) is 11.6 Å². The highest BCUT2D eigenvalue weighted by atomic mass is 32.2. The summed E-state index contributed by atoms with van der Waals surface area (Å²) < 4.78 is 56.8. The summed E-state index contributed by atoms with van der Waals surface area (Å²) in [5, 5.41) is 2.68. The number of para-hydroxylation sites is 1. The van der Waals surface area contributed by atoms with Crippen molar-refractivity contribution in [2.45, 2.75) is 12.8 Å². The molecule has 0 heterocycles. The van der Waals surface area contributed by atoms with Crippen molar-refractivity contribution in [3.63, 3.8) is 0 Å². The molecule has 0 aliphatic heterocycles. The molecule has 0 atom stereocenters. The first kappa shape index (κ1) is 21.6. The van der Waals surface area contributed by atoms with E-state index in [2.05, 4.69) is 5.32 Å². The average Bonchev–Trinajstić information content (AvgIpc) is 2.65. The fourth-order valence-corrected chi connectivity index (χ4v) is 3.43. The molecule has 2 aromatic rings. The zero-order chi connectivity index (χ0) is 20.6. The van der Waals surface area contributed by atoms with Gasteiger partial charge >= 0.3 is 0 Å². The predicted molar refractivity (Wildman–Crippen MR) is 103 cm³/mol. The van der Waals surface area contributed by atoms with Crippen molar-refractivity contribution in [1.29, 1.82) is 0 Å². The zero-order valence-electron chi connectivity index (χ0n) is 15.4. The Morgan fingerprint density at radius 1 is 1.11 bits per heavy atom. The first-order chi connectivity index (χ1) is 13.3. The third-order valence-corrected chi connectivity index (χ3v) is 4.99. The topological polar surface area (TPSA) is 75.7 Å². The maximum atomic E-state index is 13.4. The van der Waals surface area contributed by atoms with Crippen LogP contribution in [0.2, 0.25) is 0 Å². The summed E-state index contributed by atoms with van der Waals surface area (Å²) >= 11 is 0. The molecule has 2 rings (SSSR count). The molecule has 0 fully saturated rings. The van der Waals surface area contributed by atoms with Crippen LogP contribution in [-0.2, 0) is 14.8 Å². The Balaban J connectivity index is 1.78. The minimum Gasteiger partial charge on any atom is -0.492 e. The van der Waals surface area contributed by atoms with E-state index in [1.165, 1.54) is 6.07 Å². The van der Waals surface area contributed by atoms with Crippen molar-refractivity contribution in [2.24, 2.45) is 0 Å². The SMILES string of the molecule is CS(=O)(=O)N(CCCC(=O)NCCOc1ccccc1)c1ccc(F)c(F)c1. The molecule has 152 valence electrons. The van der Waals surface area contributed by atoms with Gasteiger partial charge in [0, 0.05) is 19.0 Å². The molecule has 0 bridgehead atoms. The van der Waals surface area contributed by atoms with Gasteiger partial charge in [0.05, 0.1) is 18.5 Å². The third-order valence-electron chi connectivity index (χ3n) is 3.79. The molecule has 0 radical (unpaired) electrons. The Kier molecular flexibility index (Phi) is 7.74. The van der Waals surface area contributed by atoms with Gasteiger partial charge in [0.1, 0.15) is 12.4 Å². The summed E-state index contributed by atoms with van der Waals surface area (Å²) in [6, 6.07) is 12.0. The van der Waals surface area contributed by atoms with Crippen LogP contribution >= 0.6 is 0 Å². The number of amides is 1. The van der Waals surface area contributed by atoms with Gasteiger partial charge < -0.3 is 10.1 Å². The van der Waals surface area contributed by atoms with Gasteiger partial charge in [0.2, 0.25) is 15.9 Å². The maximum Gasteiger partial charge on any atom is 0.232 e. The van der Waals surface area contributed by atoms with E-state index in [-0.39, 0.29) is 31.0 Å². The van der Waals surface area contributed by atoms with E-state index in [1.54, 1.807) is 12.1 Å². The molecule has 0 spiro atoms. The number of carbonyl (C=O) groups is 1. The standard InChI is InChI=1S/C19H22F2N2O4S/c1-28(25,26)23(15-9-10-17(20)18(21)14-15)12-5-8-19(24)22-11-13-27-16-6-3-2-4-7-16/h2-4,6-7,9-10,14H,5,8,11-13H2,1H3,(H,22,24). The van der Waals surface area contributed by atoms with Crippen LogP contribution in [0.1, 0.15) is 12.8 Å². The molecule has 0 aliphatic rings. The third kappa shape index (κ3) is 6.80. The highest BCUT2D eigenvalue weighted by molar-refractivity contribution is 7.92. The fraction of sp³-hybridized carbons (Fsp3) is 0.316. The van der Waals surface area contributed by atoms with E-state index in [0.29, 0.717) is 18.9 Å². The van der Waals surface area contributed by atoms with Crippen LogP contribution in [0.3, 0.4) is 0 Å². The van der Waals surface area contributed by atoms with E-state index in [4.69, 9.17) is 4.74 Å². The van der Waals surface area contributed by atoms with E-state index >= 15 is 0 Å². The number of nitrogens with zero attached hydrogens (tertiary/aromatic N) is 1. The summed E-state index contributed by atoms with van der Waals surface area (Å²) in [4.78, 5) is 11.9. The quantitative estimate of drug-likeness (QED) is 0.609. The molecule has 1 N–H and O–H groups in total. The van der Waals surface area contributed by atoms with Gasteiger partial charge in [0.25, 0.3) is 0 Å². The largest absolute Gasteiger partial charge is 0.492 e. The first-order valence-corrected chi connectivity index (χ1v) is 10.5. The van der Waals surface area contributed by atoms with Crippen LogP contribution in [0.4, 0.5) is 14.5 Å². The summed E-state index contributed by atoms with van der Waals surface area (Å²) in [6.45, 7) is 0.588. The lowest BCUT2D eigenvalue weighted by Gasteiger charge is -2.22. The molecule has 9 heteroatoms. The lowest BCUT2D eigenvalue weighted by molar-refractivity contribution is -0.121. The Hall–Kier alpha value is -2.68. The van der Waals surface area contributed by atoms with Gasteiger partial charge in [-0.1, -0.05) is 18.2 Å². The molecule has 0 unspecified atom stereocenters. The number of ether oxygens (including phenoxy) is 1. The van der Waals surface area contributed by atoms with Crippen LogP contribution < -0.4 is 14.4 Å². The Morgan fingerprint density at radius 3 is 2.46 bits per heavy atom. The summed E-state index contributed by atoms with van der Waals surface area (Å²) in [5.74, 6) is -1.75. The summed E-state index contributed by atoms with van der Waals surface area (Å²) in [5.41, 5.74) is 0.0121. The minimum atomic E-state index is -3.70. The first-order valence-electron chi connectivity index (χ1n) is 8.64. The molecule has 0 aromatic heterocycles. The molecule has 0 saturated heterocycles. The van der Waals surface area contributed by atoms with Crippen molar-refractivity contribution in [1.82, 2.24) is 5.32 Å². The van der Waals surface area contributed by atoms with Gasteiger partial charge in [-0.25, -0.2) is 17.2 Å². The highest BCUT2D eigenvalue weighted by Gasteiger charge is 2.19. The summed E-state index contributed by atoms with van der Waals surface area (Å²) in [7, 11) is -3.70. The molecule has 1 amide bonds. The second-order valence-corrected chi connectivity index (χ2v) is 7.96. The second-order valence-electron chi connectivity index (χ2n) is 6.05. The Labute approximate surface area is 163 Å². The molecule has 6 nitrogen and oxygen atoms in total. The van der Waals surface area contributed by atoms with Crippen LogP contribution in [0.5, 0.6) is 5.75 Å². The highest BCUT2D eigenvalue weighted by Crippen LogP contribution is 2.21. The van der Waals surface area contributed by atoms with E-state index < -0.39 is 21.7 Å². The predicted octanol–water partition coefficient (Wildman–Crippen LogP) is 2.71. The lowest BCUT2D eigenvalue weighted by Crippen LogP contribution is -2.33. The van der Waals surface area contributed by atoms with Gasteiger partial charge in [-0.05, 0) is 30.7 Å². The van der Waals surface area contributed by atoms with Gasteiger partial charge in [-0.2, -0.15) is 0 Å². The Bertz CT molecular complexity index is 892. The molecular weight excluding hydrogens is 390 g/mol. The molecule has 2 aromatic carbocycles. The lowest BCUT2D eigenvalue weighted by atomic mass is 10.2. The fourth-order valence-electron chi connectivity index (χ4n) is 2.47. The van der Waals surface area contributed by atoms with Crippen molar-refractivity contribution in [3.05, 3.63) is 60.2 Å². The molecule has 28 heavy (non-hydrogen) atoms. The number of anilines is 1. The number of nitrogens with one attached hydrogen (secondary N) is 1. The van der Waals surface area contributed by atoms with Gasteiger partial charge in [0.15, 0.2) is 11.6 Å². The van der Waals surface area contributed by atoms with Crippen molar-refractivity contribution in [2.75, 3.05) is 30.3 Å².